The summed E-state index contributed by atoms with van der Waals surface area (Å²) in [7, 11) is 0. The summed E-state index contributed by atoms with van der Waals surface area (Å²) < 4.78 is 8.96. The largest absolute Gasteiger partial charge is 0.381 e. The van der Waals surface area contributed by atoms with E-state index in [-0.39, 0.29) is 5.38 Å². The van der Waals surface area contributed by atoms with Crippen molar-refractivity contribution >= 4 is 45.2 Å². The minimum Gasteiger partial charge on any atom is -0.381 e. The van der Waals surface area contributed by atoms with Gasteiger partial charge >= 0.3 is 0 Å². The predicted octanol–water partition coefficient (Wildman–Crippen LogP) is 4.37. The molecule has 0 N–H and O–H groups in total. The molecule has 0 saturated carbocycles. The van der Waals surface area contributed by atoms with Gasteiger partial charge in [-0.05, 0) is 66.5 Å². The zero-order chi connectivity index (χ0) is 14.1. The normalized spacial score (nSPS) is 18.6. The second-order valence-electron chi connectivity index (χ2n) is 5.39. The van der Waals surface area contributed by atoms with Crippen molar-refractivity contribution in [3.8, 4) is 0 Å². The molecular weight excluding hydrogens is 387 g/mol. The fourth-order valence-electron chi connectivity index (χ4n) is 2.80. The van der Waals surface area contributed by atoms with Crippen molar-refractivity contribution in [3.05, 3.63) is 27.6 Å². The maximum absolute atomic E-state index is 6.33. The van der Waals surface area contributed by atoms with Crippen LogP contribution in [0.5, 0.6) is 0 Å². The number of aromatic nitrogens is 2. The van der Waals surface area contributed by atoms with Gasteiger partial charge in [0.1, 0.15) is 5.82 Å². The Morgan fingerprint density at radius 3 is 2.90 bits per heavy atom. The van der Waals surface area contributed by atoms with Crippen LogP contribution in [0.1, 0.15) is 31.0 Å². The van der Waals surface area contributed by atoms with Crippen LogP contribution in [0.2, 0.25) is 0 Å². The second kappa shape index (κ2) is 6.20. The topological polar surface area (TPSA) is 27.1 Å². The van der Waals surface area contributed by atoms with E-state index in [1.54, 1.807) is 0 Å². The number of rotatable bonds is 3. The Kier molecular flexibility index (Phi) is 4.52. The maximum Gasteiger partial charge on any atom is 0.127 e. The van der Waals surface area contributed by atoms with Crippen molar-refractivity contribution in [2.75, 3.05) is 13.2 Å². The predicted molar refractivity (Wildman–Crippen MR) is 90.3 cm³/mol. The average molecular weight is 405 g/mol. The fourth-order valence-corrected chi connectivity index (χ4v) is 3.45. The molecule has 1 aliphatic heterocycles. The summed E-state index contributed by atoms with van der Waals surface area (Å²) in [5.41, 5.74) is 2.24. The molecule has 0 aliphatic carbocycles. The zero-order valence-electron chi connectivity index (χ0n) is 11.5. The number of halogens is 2. The van der Waals surface area contributed by atoms with Gasteiger partial charge in [0.05, 0.1) is 16.4 Å². The second-order valence-corrected chi connectivity index (χ2v) is 7.29. The smallest absolute Gasteiger partial charge is 0.127 e. The third-order valence-electron chi connectivity index (χ3n) is 3.88. The number of hydrogen-bond donors (Lipinski definition) is 0. The summed E-state index contributed by atoms with van der Waals surface area (Å²) in [5, 5.41) is -0.0695. The third kappa shape index (κ3) is 2.97. The molecule has 2 heterocycles. The van der Waals surface area contributed by atoms with Crippen LogP contribution in [0.3, 0.4) is 0 Å². The number of benzene rings is 1. The van der Waals surface area contributed by atoms with Gasteiger partial charge < -0.3 is 9.30 Å². The van der Waals surface area contributed by atoms with Gasteiger partial charge in [-0.3, -0.25) is 0 Å². The summed E-state index contributed by atoms with van der Waals surface area (Å²) in [6, 6.07) is 6.42. The van der Waals surface area contributed by atoms with E-state index >= 15 is 0 Å². The van der Waals surface area contributed by atoms with Crippen molar-refractivity contribution in [1.82, 2.24) is 9.55 Å². The standard InChI is InChI=1S/C15H18ClIN2O/c1-10(16)15-18-13-8-12(17)2-3-14(13)19(15)9-11-4-6-20-7-5-11/h2-3,8,10-11H,4-7,9H2,1H3. The molecule has 1 aromatic carbocycles. The number of alkyl halides is 1. The molecule has 0 amide bonds. The first-order valence-corrected chi connectivity index (χ1v) is 8.54. The lowest BCUT2D eigenvalue weighted by atomic mass is 10.0. The number of nitrogens with zero attached hydrogens (tertiary/aromatic N) is 2. The maximum atomic E-state index is 6.33. The highest BCUT2D eigenvalue weighted by molar-refractivity contribution is 14.1. The Hall–Kier alpha value is -0.330. The number of fused-ring (bicyclic) bond motifs is 1. The van der Waals surface area contributed by atoms with Gasteiger partial charge in [-0.1, -0.05) is 0 Å². The van der Waals surface area contributed by atoms with Crippen LogP contribution in [-0.4, -0.2) is 22.8 Å². The van der Waals surface area contributed by atoms with E-state index in [1.807, 2.05) is 6.92 Å². The van der Waals surface area contributed by atoms with E-state index in [9.17, 15) is 0 Å². The van der Waals surface area contributed by atoms with E-state index in [1.165, 1.54) is 9.09 Å². The lowest BCUT2D eigenvalue weighted by molar-refractivity contribution is 0.0613. The van der Waals surface area contributed by atoms with Crippen LogP contribution < -0.4 is 0 Å². The van der Waals surface area contributed by atoms with Crippen LogP contribution >= 0.6 is 34.2 Å². The Morgan fingerprint density at radius 1 is 1.45 bits per heavy atom. The van der Waals surface area contributed by atoms with Crippen molar-refractivity contribution < 1.29 is 4.74 Å². The molecule has 108 valence electrons. The molecule has 3 rings (SSSR count). The molecule has 1 aromatic heterocycles. The van der Waals surface area contributed by atoms with Crippen molar-refractivity contribution in [2.45, 2.75) is 31.7 Å². The minimum absolute atomic E-state index is 0.0695. The summed E-state index contributed by atoms with van der Waals surface area (Å²) in [6.45, 7) is 4.74. The Morgan fingerprint density at radius 2 is 2.20 bits per heavy atom. The fraction of sp³-hybridized carbons (Fsp3) is 0.533. The average Bonchev–Trinajstić information content (AvgIpc) is 2.78. The third-order valence-corrected chi connectivity index (χ3v) is 4.74. The number of ether oxygens (including phenoxy) is 1. The van der Waals surface area contributed by atoms with Crippen molar-refractivity contribution in [1.29, 1.82) is 0 Å². The molecule has 0 spiro atoms. The van der Waals surface area contributed by atoms with Crippen LogP contribution in [0.15, 0.2) is 18.2 Å². The lowest BCUT2D eigenvalue weighted by Gasteiger charge is -2.23. The van der Waals surface area contributed by atoms with Gasteiger partial charge in [-0.15, -0.1) is 11.6 Å². The first kappa shape index (κ1) is 14.6. The van der Waals surface area contributed by atoms with E-state index < -0.39 is 0 Å². The molecule has 2 aromatic rings. The van der Waals surface area contributed by atoms with Crippen molar-refractivity contribution in [2.24, 2.45) is 5.92 Å². The SMILES string of the molecule is CC(Cl)c1nc2cc(I)ccc2n1CC1CCOCC1. The van der Waals surface area contributed by atoms with E-state index in [4.69, 9.17) is 21.3 Å². The quantitative estimate of drug-likeness (QED) is 0.561. The highest BCUT2D eigenvalue weighted by Crippen LogP contribution is 2.28. The molecule has 1 aliphatic rings. The molecule has 1 fully saturated rings. The molecule has 3 nitrogen and oxygen atoms in total. The molecule has 20 heavy (non-hydrogen) atoms. The molecule has 1 unspecified atom stereocenters. The monoisotopic (exact) mass is 404 g/mol. The summed E-state index contributed by atoms with van der Waals surface area (Å²) >= 11 is 8.65. The summed E-state index contributed by atoms with van der Waals surface area (Å²) in [6.07, 6.45) is 2.25. The first-order valence-electron chi connectivity index (χ1n) is 7.02. The van der Waals surface area contributed by atoms with Gasteiger partial charge in [-0.2, -0.15) is 0 Å². The molecule has 1 saturated heterocycles. The summed E-state index contributed by atoms with van der Waals surface area (Å²) in [4.78, 5) is 4.73. The van der Waals surface area contributed by atoms with Gasteiger partial charge in [0.2, 0.25) is 0 Å². The van der Waals surface area contributed by atoms with Crippen LogP contribution in [-0.2, 0) is 11.3 Å². The van der Waals surface area contributed by atoms with E-state index in [0.29, 0.717) is 5.92 Å². The Balaban J connectivity index is 1.99. The van der Waals surface area contributed by atoms with Crippen molar-refractivity contribution in [3.63, 3.8) is 0 Å². The minimum atomic E-state index is -0.0695. The van der Waals surface area contributed by atoms with Crippen LogP contribution in [0.4, 0.5) is 0 Å². The molecular formula is C15H18ClIN2O. The number of hydrogen-bond acceptors (Lipinski definition) is 2. The molecule has 5 heteroatoms. The van der Waals surface area contributed by atoms with Gasteiger partial charge in [-0.25, -0.2) is 4.98 Å². The molecule has 0 bridgehead atoms. The van der Waals surface area contributed by atoms with Gasteiger partial charge in [0, 0.05) is 23.3 Å². The first-order chi connectivity index (χ1) is 9.65. The molecule has 0 radical (unpaired) electrons. The highest BCUT2D eigenvalue weighted by Gasteiger charge is 2.20. The van der Waals surface area contributed by atoms with Crippen LogP contribution in [0, 0.1) is 9.49 Å². The number of imidazole rings is 1. The van der Waals surface area contributed by atoms with Crippen LogP contribution in [0.25, 0.3) is 11.0 Å². The molecule has 1 atom stereocenters. The van der Waals surface area contributed by atoms with Gasteiger partial charge in [0.25, 0.3) is 0 Å². The summed E-state index contributed by atoms with van der Waals surface area (Å²) in [5.74, 6) is 1.64. The zero-order valence-corrected chi connectivity index (χ0v) is 14.4. The van der Waals surface area contributed by atoms with E-state index in [2.05, 4.69) is 45.4 Å². The van der Waals surface area contributed by atoms with Gasteiger partial charge in [0.15, 0.2) is 0 Å². The highest BCUT2D eigenvalue weighted by atomic mass is 127. The Labute approximate surface area is 137 Å². The Bertz CT molecular complexity index is 605. The lowest BCUT2D eigenvalue weighted by Crippen LogP contribution is -2.21. The van der Waals surface area contributed by atoms with E-state index in [0.717, 1.165) is 43.9 Å².